The van der Waals surface area contributed by atoms with Crippen molar-refractivity contribution in [3.05, 3.63) is 34.9 Å². The molecule has 1 unspecified atom stereocenters. The van der Waals surface area contributed by atoms with Crippen LogP contribution < -0.4 is 0 Å². The predicted molar refractivity (Wildman–Crippen MR) is 106 cm³/mol. The highest BCUT2D eigenvalue weighted by Gasteiger charge is 2.45. The molecule has 3 aliphatic rings. The predicted octanol–water partition coefficient (Wildman–Crippen LogP) is 4.72. The van der Waals surface area contributed by atoms with Gasteiger partial charge in [-0.1, -0.05) is 62.3 Å². The highest BCUT2D eigenvalue weighted by atomic mass is 35.5. The van der Waals surface area contributed by atoms with Crippen LogP contribution in [0, 0.1) is 0 Å². The maximum absolute atomic E-state index is 13.6. The monoisotopic (exact) mass is 388 g/mol. The largest absolute Gasteiger partial charge is 0.328 e. The van der Waals surface area contributed by atoms with Crippen molar-refractivity contribution in [3.8, 4) is 0 Å². The average Bonchev–Trinajstić information content (AvgIpc) is 3.06. The minimum Gasteiger partial charge on any atom is -0.328 e. The molecular weight excluding hydrogens is 360 g/mol. The van der Waals surface area contributed by atoms with Crippen molar-refractivity contribution in [2.75, 3.05) is 6.54 Å². The molecule has 2 aliphatic carbocycles. The van der Waals surface area contributed by atoms with Gasteiger partial charge in [0.2, 0.25) is 5.91 Å². The summed E-state index contributed by atoms with van der Waals surface area (Å²) >= 11 is 6.07. The molecule has 4 nitrogen and oxygen atoms in total. The summed E-state index contributed by atoms with van der Waals surface area (Å²) in [5.41, 5.74) is 0.892. The molecule has 1 saturated heterocycles. The van der Waals surface area contributed by atoms with Gasteiger partial charge < -0.3 is 9.80 Å². The third-order valence-corrected chi connectivity index (χ3v) is 6.81. The van der Waals surface area contributed by atoms with E-state index in [-0.39, 0.29) is 30.4 Å². The first-order valence-electron chi connectivity index (χ1n) is 10.5. The zero-order valence-electron chi connectivity index (χ0n) is 15.9. The fourth-order valence-corrected chi connectivity index (χ4v) is 5.27. The Kier molecular flexibility index (Phi) is 5.72. The Bertz CT molecular complexity index is 676. The molecule has 1 heterocycles. The maximum Gasteiger partial charge on any atom is 0.250 e. The molecule has 146 valence electrons. The summed E-state index contributed by atoms with van der Waals surface area (Å²) in [5, 5.41) is 0.654. The van der Waals surface area contributed by atoms with Crippen LogP contribution in [0.5, 0.6) is 0 Å². The van der Waals surface area contributed by atoms with E-state index in [2.05, 4.69) is 0 Å². The van der Waals surface area contributed by atoms with Crippen molar-refractivity contribution in [3.63, 3.8) is 0 Å². The Morgan fingerprint density at radius 2 is 1.33 bits per heavy atom. The highest BCUT2D eigenvalue weighted by Crippen LogP contribution is 2.37. The maximum atomic E-state index is 13.6. The van der Waals surface area contributed by atoms with Crippen LogP contribution in [0.25, 0.3) is 0 Å². The summed E-state index contributed by atoms with van der Waals surface area (Å²) in [6.07, 6.45) is 11.1. The van der Waals surface area contributed by atoms with Crippen molar-refractivity contribution in [1.29, 1.82) is 0 Å². The topological polar surface area (TPSA) is 40.6 Å². The molecular formula is C22H29ClN2O2. The summed E-state index contributed by atoms with van der Waals surface area (Å²) in [7, 11) is 0. The van der Waals surface area contributed by atoms with Gasteiger partial charge in [0.25, 0.3) is 5.91 Å². The van der Waals surface area contributed by atoms with Crippen LogP contribution in [0.15, 0.2) is 24.3 Å². The third-order valence-electron chi connectivity index (χ3n) is 6.56. The van der Waals surface area contributed by atoms with Crippen LogP contribution >= 0.6 is 11.6 Å². The lowest BCUT2D eigenvalue weighted by Crippen LogP contribution is -2.60. The lowest BCUT2D eigenvalue weighted by molar-refractivity contribution is -0.161. The Morgan fingerprint density at radius 1 is 0.778 bits per heavy atom. The van der Waals surface area contributed by atoms with E-state index in [1.54, 1.807) is 0 Å². The van der Waals surface area contributed by atoms with Crippen LogP contribution in [0.4, 0.5) is 0 Å². The number of carbonyl (C=O) groups excluding carboxylic acids is 2. The molecule has 1 aromatic rings. The molecule has 0 bridgehead atoms. The summed E-state index contributed by atoms with van der Waals surface area (Å²) < 4.78 is 0. The number of halogens is 1. The zero-order chi connectivity index (χ0) is 18.8. The number of piperazine rings is 1. The molecule has 5 heteroatoms. The van der Waals surface area contributed by atoms with Gasteiger partial charge >= 0.3 is 0 Å². The van der Waals surface area contributed by atoms with Crippen molar-refractivity contribution >= 4 is 23.4 Å². The second-order valence-corrected chi connectivity index (χ2v) is 8.74. The summed E-state index contributed by atoms with van der Waals surface area (Å²) in [6, 6.07) is 7.39. The normalized spacial score (nSPS) is 25.9. The van der Waals surface area contributed by atoms with Gasteiger partial charge in [0.05, 0.1) is 0 Å². The van der Waals surface area contributed by atoms with Crippen LogP contribution in [0.1, 0.15) is 75.8 Å². The molecule has 0 spiro atoms. The lowest BCUT2D eigenvalue weighted by atomic mass is 9.95. The van der Waals surface area contributed by atoms with Crippen molar-refractivity contribution in [2.45, 2.75) is 82.3 Å². The minimum absolute atomic E-state index is 0.107. The van der Waals surface area contributed by atoms with Gasteiger partial charge in [0.15, 0.2) is 0 Å². The second kappa shape index (κ2) is 8.22. The highest BCUT2D eigenvalue weighted by molar-refractivity contribution is 6.30. The van der Waals surface area contributed by atoms with Gasteiger partial charge in [-0.25, -0.2) is 0 Å². The van der Waals surface area contributed by atoms with Crippen LogP contribution in [0.3, 0.4) is 0 Å². The molecule has 0 aromatic heterocycles. The van der Waals surface area contributed by atoms with Crippen molar-refractivity contribution in [1.82, 2.24) is 9.80 Å². The first-order chi connectivity index (χ1) is 13.1. The smallest absolute Gasteiger partial charge is 0.250 e. The zero-order valence-corrected chi connectivity index (χ0v) is 16.7. The van der Waals surface area contributed by atoms with Crippen molar-refractivity contribution < 1.29 is 9.59 Å². The van der Waals surface area contributed by atoms with E-state index < -0.39 is 6.04 Å². The SMILES string of the molecule is O=C1C(c2ccc(Cl)cc2)N(C2CCCC2)C(=O)CN1C1CCCCCC1. The first-order valence-corrected chi connectivity index (χ1v) is 10.9. The van der Waals surface area contributed by atoms with Gasteiger partial charge in [0.1, 0.15) is 12.6 Å². The lowest BCUT2D eigenvalue weighted by Gasteiger charge is -2.46. The fourth-order valence-electron chi connectivity index (χ4n) is 5.15. The van der Waals surface area contributed by atoms with Gasteiger partial charge in [-0.05, 0) is 43.4 Å². The number of hydrogen-bond donors (Lipinski definition) is 0. The van der Waals surface area contributed by atoms with Crippen molar-refractivity contribution in [2.24, 2.45) is 0 Å². The number of benzene rings is 1. The number of amides is 2. The van der Waals surface area contributed by atoms with E-state index in [0.29, 0.717) is 5.02 Å². The molecule has 2 saturated carbocycles. The number of carbonyl (C=O) groups is 2. The summed E-state index contributed by atoms with van der Waals surface area (Å²) in [5.74, 6) is 0.224. The Labute approximate surface area is 166 Å². The van der Waals surface area contributed by atoms with Gasteiger partial charge in [-0.3, -0.25) is 9.59 Å². The van der Waals surface area contributed by atoms with E-state index in [9.17, 15) is 9.59 Å². The number of rotatable bonds is 3. The molecule has 1 aromatic carbocycles. The van der Waals surface area contributed by atoms with E-state index in [0.717, 1.165) is 56.9 Å². The molecule has 1 aliphatic heterocycles. The van der Waals surface area contributed by atoms with E-state index in [1.807, 2.05) is 34.1 Å². The summed E-state index contributed by atoms with van der Waals surface area (Å²) in [4.78, 5) is 30.7. The Hall–Kier alpha value is -1.55. The van der Waals surface area contributed by atoms with E-state index >= 15 is 0 Å². The Balaban J connectivity index is 1.66. The molecule has 0 radical (unpaired) electrons. The van der Waals surface area contributed by atoms with Gasteiger partial charge in [0, 0.05) is 17.1 Å². The number of nitrogens with zero attached hydrogens (tertiary/aromatic N) is 2. The van der Waals surface area contributed by atoms with E-state index in [1.165, 1.54) is 12.8 Å². The van der Waals surface area contributed by atoms with Gasteiger partial charge in [-0.15, -0.1) is 0 Å². The molecule has 27 heavy (non-hydrogen) atoms. The third kappa shape index (κ3) is 3.87. The van der Waals surface area contributed by atoms with Gasteiger partial charge in [-0.2, -0.15) is 0 Å². The minimum atomic E-state index is -0.491. The standard InChI is InChI=1S/C22H29ClN2O2/c23-17-13-11-16(12-14-17)21-22(27)24(18-7-3-1-2-4-8-18)15-20(26)25(21)19-9-5-6-10-19/h11-14,18-19,21H,1-10,15H2. The second-order valence-electron chi connectivity index (χ2n) is 8.30. The summed E-state index contributed by atoms with van der Waals surface area (Å²) in [6.45, 7) is 0.254. The molecule has 4 rings (SSSR count). The fraction of sp³-hybridized carbons (Fsp3) is 0.636. The average molecular weight is 389 g/mol. The Morgan fingerprint density at radius 3 is 1.96 bits per heavy atom. The van der Waals surface area contributed by atoms with Crippen LogP contribution in [0.2, 0.25) is 5.02 Å². The molecule has 3 fully saturated rings. The molecule has 1 atom stereocenters. The van der Waals surface area contributed by atoms with Crippen LogP contribution in [-0.2, 0) is 9.59 Å². The van der Waals surface area contributed by atoms with Crippen LogP contribution in [-0.4, -0.2) is 40.2 Å². The number of hydrogen-bond acceptors (Lipinski definition) is 2. The molecule has 2 amide bonds. The first kappa shape index (κ1) is 18.8. The quantitative estimate of drug-likeness (QED) is 0.703. The van der Waals surface area contributed by atoms with E-state index in [4.69, 9.17) is 11.6 Å². The molecule has 0 N–H and O–H groups in total.